The summed E-state index contributed by atoms with van der Waals surface area (Å²) >= 11 is 0. The van der Waals surface area contributed by atoms with Crippen molar-refractivity contribution in [3.63, 3.8) is 0 Å². The van der Waals surface area contributed by atoms with Crippen molar-refractivity contribution in [1.29, 1.82) is 0 Å². The van der Waals surface area contributed by atoms with Crippen LogP contribution in [0.5, 0.6) is 0 Å². The molecule has 2 heteroatoms. The van der Waals surface area contributed by atoms with Crippen molar-refractivity contribution < 1.29 is 0 Å². The van der Waals surface area contributed by atoms with Crippen molar-refractivity contribution in [2.24, 2.45) is 0 Å². The molecule has 1 nitrogen and oxygen atoms in total. The Labute approximate surface area is 94.7 Å². The van der Waals surface area contributed by atoms with Gasteiger partial charge in [0.25, 0.3) is 0 Å². The van der Waals surface area contributed by atoms with Gasteiger partial charge in [0, 0.05) is 5.54 Å². The molecule has 0 aromatic heterocycles. The smallest absolute Gasteiger partial charge is 0.182 e. The molecule has 0 heterocycles. The highest BCUT2D eigenvalue weighted by molar-refractivity contribution is 6.04. The zero-order chi connectivity index (χ0) is 11.5. The SMILES string of the molecule is BNC(C)(C)CC(C)(C)c1ccccc1. The molecule has 15 heavy (non-hydrogen) atoms. The van der Waals surface area contributed by atoms with E-state index < -0.39 is 0 Å². The predicted octanol–water partition coefficient (Wildman–Crippen LogP) is 2.27. The summed E-state index contributed by atoms with van der Waals surface area (Å²) in [5, 5.41) is 3.37. The van der Waals surface area contributed by atoms with Gasteiger partial charge in [0.15, 0.2) is 7.98 Å². The predicted molar refractivity (Wildman–Crippen MR) is 69.8 cm³/mol. The summed E-state index contributed by atoms with van der Waals surface area (Å²) in [6.45, 7) is 9.11. The molecule has 1 N–H and O–H groups in total. The van der Waals surface area contributed by atoms with Crippen LogP contribution in [-0.2, 0) is 5.41 Å². The maximum Gasteiger partial charge on any atom is 0.182 e. The summed E-state index contributed by atoms with van der Waals surface area (Å²) < 4.78 is 0. The lowest BCUT2D eigenvalue weighted by Gasteiger charge is -2.35. The highest BCUT2D eigenvalue weighted by Gasteiger charge is 2.28. The third-order valence-electron chi connectivity index (χ3n) is 3.12. The first kappa shape index (κ1) is 12.3. The van der Waals surface area contributed by atoms with Crippen LogP contribution >= 0.6 is 0 Å². The van der Waals surface area contributed by atoms with E-state index in [9.17, 15) is 0 Å². The topological polar surface area (TPSA) is 12.0 Å². The molecule has 0 fully saturated rings. The van der Waals surface area contributed by atoms with Crippen LogP contribution in [0.3, 0.4) is 0 Å². The van der Waals surface area contributed by atoms with Crippen molar-refractivity contribution in [2.75, 3.05) is 0 Å². The number of benzene rings is 1. The average molecular weight is 203 g/mol. The molecule has 0 saturated heterocycles. The van der Waals surface area contributed by atoms with Gasteiger partial charge in [0.2, 0.25) is 0 Å². The molecule has 0 radical (unpaired) electrons. The first-order chi connectivity index (χ1) is 6.87. The highest BCUT2D eigenvalue weighted by atomic mass is 14.9. The lowest BCUT2D eigenvalue weighted by Crippen LogP contribution is -2.42. The van der Waals surface area contributed by atoms with E-state index in [0.717, 1.165) is 6.42 Å². The van der Waals surface area contributed by atoms with Gasteiger partial charge in [-0.1, -0.05) is 44.2 Å². The van der Waals surface area contributed by atoms with E-state index in [0.29, 0.717) is 0 Å². The van der Waals surface area contributed by atoms with Crippen LogP contribution in [0.4, 0.5) is 0 Å². The van der Waals surface area contributed by atoms with Crippen molar-refractivity contribution in [3.05, 3.63) is 35.9 Å². The van der Waals surface area contributed by atoms with Gasteiger partial charge in [0.1, 0.15) is 0 Å². The summed E-state index contributed by atoms with van der Waals surface area (Å²) in [5.41, 5.74) is 1.81. The minimum Gasteiger partial charge on any atom is -0.357 e. The van der Waals surface area contributed by atoms with Crippen molar-refractivity contribution in [2.45, 2.75) is 45.1 Å². The summed E-state index contributed by atoms with van der Waals surface area (Å²) in [5.74, 6) is 0. The molecular weight excluding hydrogens is 181 g/mol. The van der Waals surface area contributed by atoms with E-state index in [-0.39, 0.29) is 11.0 Å². The number of rotatable bonds is 4. The van der Waals surface area contributed by atoms with Gasteiger partial charge in [-0.3, -0.25) is 0 Å². The molecule has 0 aliphatic heterocycles. The number of hydrogen-bond acceptors (Lipinski definition) is 1. The van der Waals surface area contributed by atoms with Gasteiger partial charge < -0.3 is 5.23 Å². The van der Waals surface area contributed by atoms with Crippen molar-refractivity contribution in [1.82, 2.24) is 5.23 Å². The Morgan fingerprint density at radius 1 is 1.07 bits per heavy atom. The maximum atomic E-state index is 3.37. The summed E-state index contributed by atoms with van der Waals surface area (Å²) in [7, 11) is 2.03. The lowest BCUT2D eigenvalue weighted by atomic mass is 9.74. The van der Waals surface area contributed by atoms with Gasteiger partial charge in [-0.2, -0.15) is 0 Å². The van der Waals surface area contributed by atoms with Crippen LogP contribution in [0.15, 0.2) is 30.3 Å². The Kier molecular flexibility index (Phi) is 3.61. The Bertz CT molecular complexity index is 304. The normalized spacial score (nSPS) is 12.8. The van der Waals surface area contributed by atoms with Gasteiger partial charge in [-0.15, -0.1) is 0 Å². The lowest BCUT2D eigenvalue weighted by molar-refractivity contribution is 0.329. The molecule has 1 aromatic rings. The molecular formula is C13H22BN. The van der Waals surface area contributed by atoms with E-state index in [1.807, 2.05) is 7.98 Å². The average Bonchev–Trinajstić information content (AvgIpc) is 2.18. The van der Waals surface area contributed by atoms with Crippen LogP contribution in [-0.4, -0.2) is 13.5 Å². The third kappa shape index (κ3) is 3.38. The fraction of sp³-hybridized carbons (Fsp3) is 0.538. The molecule has 82 valence electrons. The maximum absolute atomic E-state index is 3.37. The minimum atomic E-state index is 0.180. The molecule has 1 aromatic carbocycles. The van der Waals surface area contributed by atoms with Crippen LogP contribution in [0.1, 0.15) is 39.7 Å². The van der Waals surface area contributed by atoms with Gasteiger partial charge in [-0.25, -0.2) is 0 Å². The van der Waals surface area contributed by atoms with Gasteiger partial charge in [-0.05, 0) is 31.2 Å². The fourth-order valence-corrected chi connectivity index (χ4v) is 2.18. The summed E-state index contributed by atoms with van der Waals surface area (Å²) in [6.07, 6.45) is 1.13. The zero-order valence-electron chi connectivity index (χ0n) is 10.6. The van der Waals surface area contributed by atoms with E-state index in [1.165, 1.54) is 5.56 Å². The van der Waals surface area contributed by atoms with Crippen LogP contribution < -0.4 is 5.23 Å². The first-order valence-corrected chi connectivity index (χ1v) is 5.62. The molecule has 0 atom stereocenters. The molecule has 0 bridgehead atoms. The van der Waals surface area contributed by atoms with Crippen LogP contribution in [0, 0.1) is 0 Å². The van der Waals surface area contributed by atoms with E-state index >= 15 is 0 Å². The second-order valence-electron chi connectivity index (χ2n) is 5.56. The Hall–Kier alpha value is -0.755. The Morgan fingerprint density at radius 3 is 2.07 bits per heavy atom. The quantitative estimate of drug-likeness (QED) is 0.740. The molecule has 0 aliphatic rings. The van der Waals surface area contributed by atoms with Crippen molar-refractivity contribution >= 4 is 7.98 Å². The first-order valence-electron chi connectivity index (χ1n) is 5.62. The summed E-state index contributed by atoms with van der Waals surface area (Å²) in [6, 6.07) is 10.7. The Balaban J connectivity index is 2.85. The second-order valence-corrected chi connectivity index (χ2v) is 5.56. The zero-order valence-corrected chi connectivity index (χ0v) is 10.6. The van der Waals surface area contributed by atoms with E-state index in [2.05, 4.69) is 63.3 Å². The van der Waals surface area contributed by atoms with E-state index in [4.69, 9.17) is 0 Å². The van der Waals surface area contributed by atoms with Crippen LogP contribution in [0.25, 0.3) is 0 Å². The molecule has 0 unspecified atom stereocenters. The minimum absolute atomic E-state index is 0.180. The number of hydrogen-bond donors (Lipinski definition) is 1. The standard InChI is InChI=1S/C13H22BN/c1-12(2,10-13(3,4)15-14)11-8-6-5-7-9-11/h5-9,15H,10,14H2,1-4H3. The van der Waals surface area contributed by atoms with Crippen molar-refractivity contribution in [3.8, 4) is 0 Å². The summed E-state index contributed by atoms with van der Waals surface area (Å²) in [4.78, 5) is 0. The largest absolute Gasteiger partial charge is 0.357 e. The molecule has 0 amide bonds. The van der Waals surface area contributed by atoms with Gasteiger partial charge in [0.05, 0.1) is 0 Å². The Morgan fingerprint density at radius 2 is 1.60 bits per heavy atom. The van der Waals surface area contributed by atoms with Crippen LogP contribution in [0.2, 0.25) is 0 Å². The number of nitrogens with one attached hydrogen (secondary N) is 1. The molecule has 0 aliphatic carbocycles. The molecule has 0 spiro atoms. The second kappa shape index (κ2) is 4.40. The highest BCUT2D eigenvalue weighted by Crippen LogP contribution is 2.31. The van der Waals surface area contributed by atoms with Gasteiger partial charge >= 0.3 is 0 Å². The monoisotopic (exact) mass is 203 g/mol. The fourth-order valence-electron chi connectivity index (χ4n) is 2.18. The van der Waals surface area contributed by atoms with E-state index in [1.54, 1.807) is 0 Å². The molecule has 0 saturated carbocycles. The molecule has 1 rings (SSSR count). The third-order valence-corrected chi connectivity index (χ3v) is 3.12.